The average Bonchev–Trinajstić information content (AvgIpc) is 3.66. The van der Waals surface area contributed by atoms with Crippen LogP contribution in [0.4, 0.5) is 0 Å². The van der Waals surface area contributed by atoms with Gasteiger partial charge in [-0.05, 0) is 79.6 Å². The van der Waals surface area contributed by atoms with Gasteiger partial charge < -0.3 is 14.2 Å². The van der Waals surface area contributed by atoms with Crippen LogP contribution in [0.25, 0.3) is 23.0 Å². The number of benzene rings is 3. The minimum atomic E-state index is -0.637. The molecule has 0 atom stereocenters. The molecular weight excluding hydrogens is 532 g/mol. The highest BCUT2D eigenvalue weighted by Gasteiger charge is 2.36. The summed E-state index contributed by atoms with van der Waals surface area (Å²) < 4.78 is 18.2. The van der Waals surface area contributed by atoms with Gasteiger partial charge in [0.1, 0.15) is 17.4 Å². The van der Waals surface area contributed by atoms with Gasteiger partial charge in [-0.15, -0.1) is 0 Å². The molecule has 3 aromatic carbocycles. The summed E-state index contributed by atoms with van der Waals surface area (Å²) in [6.45, 7) is 4.18. The number of carbonyl (C=O) groups excluding carboxylic acids is 2. The van der Waals surface area contributed by atoms with Crippen molar-refractivity contribution in [2.24, 2.45) is 0 Å². The first-order valence-electron chi connectivity index (χ1n) is 13.4. The van der Waals surface area contributed by atoms with E-state index in [0.717, 1.165) is 21.9 Å². The van der Waals surface area contributed by atoms with Crippen molar-refractivity contribution in [3.8, 4) is 40.3 Å². The van der Waals surface area contributed by atoms with Crippen molar-refractivity contribution in [2.45, 2.75) is 20.4 Å². The fourth-order valence-corrected chi connectivity index (χ4v) is 4.96. The molecule has 208 valence electrons. The molecule has 0 saturated carbocycles. The van der Waals surface area contributed by atoms with Gasteiger partial charge in [0.05, 0.1) is 24.5 Å². The summed E-state index contributed by atoms with van der Waals surface area (Å²) in [5, 5.41) is 14.8. The lowest BCUT2D eigenvalue weighted by atomic mass is 9.93. The largest absolute Gasteiger partial charge is 0.494 e. The molecule has 3 heterocycles. The lowest BCUT2D eigenvalue weighted by Crippen LogP contribution is -2.42. The van der Waals surface area contributed by atoms with Gasteiger partial charge >= 0.3 is 0 Å². The summed E-state index contributed by atoms with van der Waals surface area (Å²) in [6, 6.07) is 24.4. The van der Waals surface area contributed by atoms with Gasteiger partial charge in [0.2, 0.25) is 6.79 Å². The molecule has 0 aliphatic carbocycles. The molecule has 4 aromatic rings. The molecule has 2 aliphatic heterocycles. The normalized spacial score (nSPS) is 15.4. The first-order chi connectivity index (χ1) is 20.5. The molecule has 0 N–H and O–H groups in total. The summed E-state index contributed by atoms with van der Waals surface area (Å²) in [7, 11) is 0. The topological polar surface area (TPSA) is 107 Å². The number of para-hydroxylation sites is 1. The number of aromatic nitrogens is 2. The predicted octanol–water partition coefficient (Wildman–Crippen LogP) is 5.46. The molecule has 0 fully saturated rings. The van der Waals surface area contributed by atoms with Gasteiger partial charge in [0.25, 0.3) is 11.8 Å². The number of amides is 2. The molecule has 0 spiro atoms. The van der Waals surface area contributed by atoms with Crippen molar-refractivity contribution >= 4 is 17.9 Å². The third-order valence-corrected chi connectivity index (χ3v) is 7.10. The van der Waals surface area contributed by atoms with E-state index < -0.39 is 11.8 Å². The Labute approximate surface area is 242 Å². The lowest BCUT2D eigenvalue weighted by molar-refractivity contribution is -0.141. The monoisotopic (exact) mass is 558 g/mol. The second-order valence-corrected chi connectivity index (χ2v) is 9.72. The maximum Gasteiger partial charge on any atom is 0.271 e. The zero-order valence-electron chi connectivity index (χ0n) is 23.0. The van der Waals surface area contributed by atoms with Gasteiger partial charge in [0, 0.05) is 22.9 Å². The number of fused-ring (bicyclic) bond motifs is 1. The maximum absolute atomic E-state index is 13.9. The molecule has 2 amide bonds. The smallest absolute Gasteiger partial charge is 0.271 e. The first kappa shape index (κ1) is 26.6. The average molecular weight is 559 g/mol. The van der Waals surface area contributed by atoms with E-state index in [9.17, 15) is 14.9 Å². The number of hydrogen-bond acceptors (Lipinski definition) is 7. The van der Waals surface area contributed by atoms with Crippen LogP contribution in [0.15, 0.2) is 95.7 Å². The van der Waals surface area contributed by atoms with Crippen molar-refractivity contribution in [3.63, 3.8) is 0 Å². The lowest BCUT2D eigenvalue weighted by Gasteiger charge is -2.27. The zero-order chi connectivity index (χ0) is 29.2. The third kappa shape index (κ3) is 4.90. The van der Waals surface area contributed by atoms with Crippen LogP contribution in [0, 0.1) is 11.3 Å². The molecule has 0 unspecified atom stereocenters. The molecule has 6 rings (SSSR count). The number of hydrogen-bond donors (Lipinski definition) is 0. The zero-order valence-corrected chi connectivity index (χ0v) is 23.0. The van der Waals surface area contributed by atoms with Crippen molar-refractivity contribution in [3.05, 3.63) is 107 Å². The van der Waals surface area contributed by atoms with Gasteiger partial charge in [-0.2, -0.15) is 10.4 Å². The fourth-order valence-electron chi connectivity index (χ4n) is 4.96. The highest BCUT2D eigenvalue weighted by Crippen LogP contribution is 2.35. The second kappa shape index (κ2) is 11.1. The van der Waals surface area contributed by atoms with Gasteiger partial charge in [-0.25, -0.2) is 4.68 Å². The van der Waals surface area contributed by atoms with E-state index in [1.165, 1.54) is 0 Å². The van der Waals surface area contributed by atoms with E-state index >= 15 is 0 Å². The second-order valence-electron chi connectivity index (χ2n) is 9.72. The number of ether oxygens (including phenoxy) is 3. The maximum atomic E-state index is 13.9. The van der Waals surface area contributed by atoms with Crippen LogP contribution in [-0.4, -0.2) is 39.9 Å². The van der Waals surface area contributed by atoms with Crippen LogP contribution in [-0.2, 0) is 16.1 Å². The van der Waals surface area contributed by atoms with Crippen LogP contribution in [0.2, 0.25) is 0 Å². The van der Waals surface area contributed by atoms with E-state index in [1.807, 2.05) is 73.8 Å². The number of nitrogens with zero attached hydrogens (tertiary/aromatic N) is 4. The Morgan fingerprint density at radius 2 is 1.76 bits per heavy atom. The Bertz CT molecular complexity index is 1800. The van der Waals surface area contributed by atoms with Crippen molar-refractivity contribution in [1.82, 2.24) is 14.7 Å². The van der Waals surface area contributed by atoms with Gasteiger partial charge in [-0.1, -0.05) is 24.3 Å². The summed E-state index contributed by atoms with van der Waals surface area (Å²) in [4.78, 5) is 28.3. The van der Waals surface area contributed by atoms with E-state index in [-0.39, 0.29) is 24.5 Å². The number of carbonyl (C=O) groups is 2. The van der Waals surface area contributed by atoms with Crippen LogP contribution >= 0.6 is 0 Å². The van der Waals surface area contributed by atoms with Crippen LogP contribution in [0.1, 0.15) is 25.0 Å². The third-order valence-electron chi connectivity index (χ3n) is 7.10. The van der Waals surface area contributed by atoms with E-state index in [4.69, 9.17) is 19.3 Å². The molecular formula is C33H26N4O5. The Kier molecular flexibility index (Phi) is 7.03. The minimum absolute atomic E-state index is 0.0286. The summed E-state index contributed by atoms with van der Waals surface area (Å²) in [5.41, 5.74) is 4.09. The molecule has 2 aliphatic rings. The molecule has 9 nitrogen and oxygen atoms in total. The van der Waals surface area contributed by atoms with Crippen molar-refractivity contribution < 1.29 is 23.8 Å². The standard InChI is InChI=1S/C33H26N4O5/c1-3-40-26-12-10-23(11-13-26)31-24(19-37(35-31)25-7-5-4-6-8-25)16-27-21(2)28(17-34)33(39)36(32(27)38)18-22-9-14-29-30(15-22)42-20-41-29/h4-16,19H,3,18,20H2,1-2H3/b27-16+. The van der Waals surface area contributed by atoms with Crippen LogP contribution in [0.5, 0.6) is 17.2 Å². The van der Waals surface area contributed by atoms with Crippen molar-refractivity contribution in [1.29, 1.82) is 5.26 Å². The van der Waals surface area contributed by atoms with Gasteiger partial charge in [0.15, 0.2) is 11.5 Å². The Hall–Kier alpha value is -5.62. The Morgan fingerprint density at radius 1 is 1.00 bits per heavy atom. The molecule has 0 radical (unpaired) electrons. The Morgan fingerprint density at radius 3 is 2.50 bits per heavy atom. The van der Waals surface area contributed by atoms with E-state index in [2.05, 4.69) is 0 Å². The van der Waals surface area contributed by atoms with Crippen LogP contribution < -0.4 is 14.2 Å². The minimum Gasteiger partial charge on any atom is -0.494 e. The summed E-state index contributed by atoms with van der Waals surface area (Å²) >= 11 is 0. The first-order valence-corrected chi connectivity index (χ1v) is 13.4. The molecule has 42 heavy (non-hydrogen) atoms. The highest BCUT2D eigenvalue weighted by atomic mass is 16.7. The number of rotatable bonds is 7. The Balaban J connectivity index is 1.43. The number of nitriles is 1. The molecule has 9 heteroatoms. The molecule has 0 saturated heterocycles. The summed E-state index contributed by atoms with van der Waals surface area (Å²) in [6.07, 6.45) is 3.53. The number of imide groups is 1. The predicted molar refractivity (Wildman–Crippen MR) is 155 cm³/mol. The quantitative estimate of drug-likeness (QED) is 0.219. The summed E-state index contributed by atoms with van der Waals surface area (Å²) in [5.74, 6) is 0.740. The van der Waals surface area contributed by atoms with E-state index in [0.29, 0.717) is 40.5 Å². The van der Waals surface area contributed by atoms with Gasteiger partial charge in [-0.3, -0.25) is 14.5 Å². The van der Waals surface area contributed by atoms with Crippen molar-refractivity contribution in [2.75, 3.05) is 13.4 Å². The SMILES string of the molecule is CCOc1ccc(-c2nn(-c3ccccc3)cc2/C=C2/C(=O)N(Cc3ccc4c(c3)OCO4)C(=O)C(C#N)=C2C)cc1. The van der Waals surface area contributed by atoms with Crippen LogP contribution in [0.3, 0.4) is 0 Å². The highest BCUT2D eigenvalue weighted by molar-refractivity contribution is 6.19. The molecule has 0 bridgehead atoms. The molecule has 1 aromatic heterocycles. The van der Waals surface area contributed by atoms with E-state index in [1.54, 1.807) is 35.9 Å². The fraction of sp³-hybridized carbons (Fsp3) is 0.152.